The molecule has 3 aliphatic rings. The molecule has 3 aliphatic heterocycles. The summed E-state index contributed by atoms with van der Waals surface area (Å²) in [5.74, 6) is -0.103. The second-order valence-corrected chi connectivity index (χ2v) is 9.57. The minimum absolute atomic E-state index is 0. The largest absolute Gasteiger partial charge is 0.423 e. The summed E-state index contributed by atoms with van der Waals surface area (Å²) < 4.78 is 6.00. The van der Waals surface area contributed by atoms with Crippen LogP contribution in [0.4, 0.5) is 6.01 Å². The lowest BCUT2D eigenvalue weighted by Crippen LogP contribution is -2.55. The molecule has 0 spiro atoms. The molecule has 2 bridgehead atoms. The summed E-state index contributed by atoms with van der Waals surface area (Å²) in [6.45, 7) is 3.64. The molecule has 1 aromatic heterocycles. The summed E-state index contributed by atoms with van der Waals surface area (Å²) in [4.78, 5) is 24.8. The van der Waals surface area contributed by atoms with Gasteiger partial charge in [-0.3, -0.25) is 4.79 Å². The van der Waals surface area contributed by atoms with Crippen LogP contribution >= 0.6 is 24.0 Å². The zero-order chi connectivity index (χ0) is 20.8. The Morgan fingerprint density at radius 1 is 1.13 bits per heavy atom. The highest BCUT2D eigenvalue weighted by molar-refractivity contribution is 6.32. The van der Waals surface area contributed by atoms with E-state index in [4.69, 9.17) is 21.0 Å². The zero-order valence-electron chi connectivity index (χ0n) is 18.1. The summed E-state index contributed by atoms with van der Waals surface area (Å²) >= 11 is 6.33. The number of anilines is 1. The van der Waals surface area contributed by atoms with Gasteiger partial charge in [0.2, 0.25) is 0 Å². The standard InChI is InChI=1S/C22H30ClN5O2.ClH/c1-26-6-8-28(9-7-26)22-25-20-18(10-14(23)11-19(20)30-22)21(29)24-15-12-16-4-3-5-17(13-15)27(16)2;/h10-11,15-17H,3-9,12-13H2,1-2H3,(H,24,29);1H. The number of hydrogen-bond donors (Lipinski definition) is 1. The highest BCUT2D eigenvalue weighted by Crippen LogP contribution is 2.33. The topological polar surface area (TPSA) is 64.8 Å². The van der Waals surface area contributed by atoms with E-state index < -0.39 is 0 Å². The third-order valence-corrected chi connectivity index (χ3v) is 7.36. The van der Waals surface area contributed by atoms with Crippen LogP contribution in [-0.2, 0) is 0 Å². The van der Waals surface area contributed by atoms with E-state index >= 15 is 0 Å². The van der Waals surface area contributed by atoms with Gasteiger partial charge in [0, 0.05) is 55.4 Å². The molecule has 3 fully saturated rings. The van der Waals surface area contributed by atoms with Gasteiger partial charge in [-0.15, -0.1) is 12.4 Å². The van der Waals surface area contributed by atoms with Crippen molar-refractivity contribution in [1.82, 2.24) is 20.1 Å². The Hall–Kier alpha value is -1.54. The van der Waals surface area contributed by atoms with Crippen LogP contribution in [0.2, 0.25) is 5.02 Å². The van der Waals surface area contributed by atoms with Gasteiger partial charge in [0.15, 0.2) is 5.58 Å². The van der Waals surface area contributed by atoms with Gasteiger partial charge in [0.1, 0.15) is 5.52 Å². The van der Waals surface area contributed by atoms with E-state index in [1.165, 1.54) is 19.3 Å². The third-order valence-electron chi connectivity index (χ3n) is 7.14. The van der Waals surface area contributed by atoms with Crippen LogP contribution < -0.4 is 10.2 Å². The van der Waals surface area contributed by atoms with Crippen LogP contribution in [0.3, 0.4) is 0 Å². The normalized spacial score (nSPS) is 27.2. The van der Waals surface area contributed by atoms with Gasteiger partial charge < -0.3 is 24.4 Å². The number of benzene rings is 1. The first-order chi connectivity index (χ1) is 14.5. The van der Waals surface area contributed by atoms with Crippen molar-refractivity contribution in [2.24, 2.45) is 0 Å². The summed E-state index contributed by atoms with van der Waals surface area (Å²) in [6.07, 6.45) is 5.75. The van der Waals surface area contributed by atoms with E-state index in [0.717, 1.165) is 39.0 Å². The van der Waals surface area contributed by atoms with Crippen molar-refractivity contribution < 1.29 is 9.21 Å². The molecular weight excluding hydrogens is 437 g/mol. The Kier molecular flexibility index (Phi) is 6.68. The molecule has 1 amide bonds. The molecule has 1 N–H and O–H groups in total. The van der Waals surface area contributed by atoms with Crippen LogP contribution in [0, 0.1) is 0 Å². The Bertz CT molecular complexity index is 929. The molecule has 2 aromatic rings. The molecule has 170 valence electrons. The van der Waals surface area contributed by atoms with Gasteiger partial charge in [0.05, 0.1) is 5.56 Å². The number of hydrogen-bond acceptors (Lipinski definition) is 6. The fourth-order valence-electron chi connectivity index (χ4n) is 5.29. The molecule has 0 aliphatic carbocycles. The molecule has 3 saturated heterocycles. The second-order valence-electron chi connectivity index (χ2n) is 9.13. The first kappa shape index (κ1) is 22.6. The van der Waals surface area contributed by atoms with Crippen LogP contribution in [0.25, 0.3) is 11.1 Å². The number of nitrogens with one attached hydrogen (secondary N) is 1. The molecular formula is C22H31Cl2N5O2. The van der Waals surface area contributed by atoms with Crippen molar-refractivity contribution in [1.29, 1.82) is 0 Å². The maximum absolute atomic E-state index is 13.2. The minimum atomic E-state index is -0.103. The van der Waals surface area contributed by atoms with E-state index in [1.807, 2.05) is 0 Å². The molecule has 9 heteroatoms. The van der Waals surface area contributed by atoms with E-state index in [2.05, 4.69) is 34.1 Å². The highest BCUT2D eigenvalue weighted by atomic mass is 35.5. The van der Waals surface area contributed by atoms with E-state index in [0.29, 0.717) is 39.8 Å². The average Bonchev–Trinajstić information content (AvgIpc) is 3.12. The Morgan fingerprint density at radius 2 is 1.81 bits per heavy atom. The number of oxazole rings is 1. The summed E-state index contributed by atoms with van der Waals surface area (Å²) in [6, 6.07) is 5.37. The van der Waals surface area contributed by atoms with Gasteiger partial charge >= 0.3 is 0 Å². The van der Waals surface area contributed by atoms with E-state index in [1.54, 1.807) is 12.1 Å². The summed E-state index contributed by atoms with van der Waals surface area (Å²) in [5.41, 5.74) is 1.67. The molecule has 2 atom stereocenters. The number of rotatable bonds is 3. The Labute approximate surface area is 194 Å². The number of nitrogens with zero attached hydrogens (tertiary/aromatic N) is 4. The fraction of sp³-hybridized carbons (Fsp3) is 0.636. The SMILES string of the molecule is CN1CCN(c2nc3c(C(=O)NC4CC5CCCC(C4)N5C)cc(Cl)cc3o2)CC1.Cl. The number of carbonyl (C=O) groups excluding carboxylic acids is 1. The van der Waals surface area contributed by atoms with Gasteiger partial charge in [-0.2, -0.15) is 4.98 Å². The lowest BCUT2D eigenvalue weighted by Gasteiger charge is -2.47. The molecule has 1 aromatic carbocycles. The molecule has 0 saturated carbocycles. The van der Waals surface area contributed by atoms with E-state index in [9.17, 15) is 4.79 Å². The van der Waals surface area contributed by atoms with Crippen molar-refractivity contribution in [2.45, 2.75) is 50.2 Å². The second kappa shape index (κ2) is 9.14. The van der Waals surface area contributed by atoms with Crippen molar-refractivity contribution in [3.63, 3.8) is 0 Å². The minimum Gasteiger partial charge on any atom is -0.423 e. The van der Waals surface area contributed by atoms with E-state index in [-0.39, 0.29) is 24.4 Å². The lowest BCUT2D eigenvalue weighted by molar-refractivity contribution is 0.0463. The van der Waals surface area contributed by atoms with Gasteiger partial charge in [-0.1, -0.05) is 18.0 Å². The predicted octanol–water partition coefficient (Wildman–Crippen LogP) is 3.40. The smallest absolute Gasteiger partial charge is 0.298 e. The van der Waals surface area contributed by atoms with Gasteiger partial charge in [-0.25, -0.2) is 0 Å². The molecule has 4 heterocycles. The van der Waals surface area contributed by atoms with Crippen LogP contribution in [0.1, 0.15) is 42.5 Å². The maximum Gasteiger partial charge on any atom is 0.298 e. The summed E-state index contributed by atoms with van der Waals surface area (Å²) in [5, 5.41) is 3.77. The highest BCUT2D eigenvalue weighted by Gasteiger charge is 2.36. The fourth-order valence-corrected chi connectivity index (χ4v) is 5.50. The quantitative estimate of drug-likeness (QED) is 0.745. The number of piperidine rings is 2. The average molecular weight is 468 g/mol. The van der Waals surface area contributed by atoms with Crippen molar-refractivity contribution >= 4 is 47.0 Å². The number of fused-ring (bicyclic) bond motifs is 3. The number of likely N-dealkylation sites (N-methyl/N-ethyl adjacent to an activating group) is 1. The van der Waals surface area contributed by atoms with Gasteiger partial charge in [0.25, 0.3) is 11.9 Å². The number of amides is 1. The number of halogens is 2. The van der Waals surface area contributed by atoms with Crippen molar-refractivity contribution in [3.8, 4) is 0 Å². The predicted molar refractivity (Wildman–Crippen MR) is 126 cm³/mol. The van der Waals surface area contributed by atoms with Crippen molar-refractivity contribution in [3.05, 3.63) is 22.7 Å². The Balaban J connectivity index is 0.00000231. The van der Waals surface area contributed by atoms with Crippen LogP contribution in [-0.4, -0.2) is 79.1 Å². The third kappa shape index (κ3) is 4.51. The van der Waals surface area contributed by atoms with Gasteiger partial charge in [-0.05, 0) is 45.8 Å². The summed E-state index contributed by atoms with van der Waals surface area (Å²) in [7, 11) is 4.34. The number of carbonyl (C=O) groups is 1. The van der Waals surface area contributed by atoms with Crippen LogP contribution in [0.15, 0.2) is 16.5 Å². The maximum atomic E-state index is 13.2. The zero-order valence-corrected chi connectivity index (χ0v) is 19.7. The lowest BCUT2D eigenvalue weighted by atomic mass is 9.82. The molecule has 7 nitrogen and oxygen atoms in total. The number of piperazine rings is 1. The molecule has 0 radical (unpaired) electrons. The van der Waals surface area contributed by atoms with Crippen molar-refractivity contribution in [2.75, 3.05) is 45.2 Å². The number of aromatic nitrogens is 1. The molecule has 5 rings (SSSR count). The first-order valence-electron chi connectivity index (χ1n) is 11.0. The monoisotopic (exact) mass is 467 g/mol. The first-order valence-corrected chi connectivity index (χ1v) is 11.4. The van der Waals surface area contributed by atoms with Crippen LogP contribution in [0.5, 0.6) is 0 Å². The molecule has 31 heavy (non-hydrogen) atoms. The molecule has 2 unspecified atom stereocenters. The Morgan fingerprint density at radius 3 is 2.48 bits per heavy atom.